The van der Waals surface area contributed by atoms with Gasteiger partial charge in [-0.25, -0.2) is 0 Å². The van der Waals surface area contributed by atoms with Crippen molar-refractivity contribution >= 4 is 0 Å². The monoisotopic (exact) mass is 154 g/mol. The molecule has 2 nitrogen and oxygen atoms in total. The molecule has 0 amide bonds. The molecule has 0 aromatic rings. The Balaban J connectivity index is 1.74. The molecule has 0 aliphatic heterocycles. The third-order valence-electron chi connectivity index (χ3n) is 3.00. The largest absolute Gasteiger partial charge is 0.329 e. The summed E-state index contributed by atoms with van der Waals surface area (Å²) in [6.45, 7) is 0.834. The molecule has 1 unspecified atom stereocenters. The average Bonchev–Trinajstić information content (AvgIpc) is 2.66. The van der Waals surface area contributed by atoms with Crippen LogP contribution in [0.4, 0.5) is 0 Å². The van der Waals surface area contributed by atoms with Crippen molar-refractivity contribution in [2.24, 2.45) is 11.7 Å². The van der Waals surface area contributed by atoms with Crippen molar-refractivity contribution in [1.29, 1.82) is 0 Å². The molecule has 2 aliphatic rings. The van der Waals surface area contributed by atoms with Crippen LogP contribution in [0, 0.1) is 5.92 Å². The van der Waals surface area contributed by atoms with Crippen molar-refractivity contribution in [3.8, 4) is 0 Å². The van der Waals surface area contributed by atoms with Crippen LogP contribution < -0.4 is 11.1 Å². The van der Waals surface area contributed by atoms with Crippen LogP contribution in [0.5, 0.6) is 0 Å². The predicted molar refractivity (Wildman–Crippen MR) is 46.3 cm³/mol. The lowest BCUT2D eigenvalue weighted by atomic mass is 9.79. The Kier molecular flexibility index (Phi) is 2.14. The Morgan fingerprint density at radius 2 is 2.00 bits per heavy atom. The van der Waals surface area contributed by atoms with E-state index in [1.807, 2.05) is 0 Å². The van der Waals surface area contributed by atoms with Gasteiger partial charge < -0.3 is 11.1 Å². The van der Waals surface area contributed by atoms with Gasteiger partial charge in [-0.2, -0.15) is 0 Å². The van der Waals surface area contributed by atoms with Gasteiger partial charge in [0.25, 0.3) is 0 Å². The minimum atomic E-state index is 0.635. The van der Waals surface area contributed by atoms with Crippen molar-refractivity contribution in [1.82, 2.24) is 5.32 Å². The van der Waals surface area contributed by atoms with Crippen LogP contribution in [0.1, 0.15) is 32.1 Å². The molecule has 2 heteroatoms. The maximum Gasteiger partial charge on any atom is 0.0221 e. The molecule has 0 bridgehead atoms. The van der Waals surface area contributed by atoms with Crippen LogP contribution in [0.2, 0.25) is 0 Å². The predicted octanol–water partition coefficient (Wildman–Crippen LogP) is 0.866. The minimum absolute atomic E-state index is 0.635. The summed E-state index contributed by atoms with van der Waals surface area (Å²) in [4.78, 5) is 0. The smallest absolute Gasteiger partial charge is 0.0221 e. The highest BCUT2D eigenvalue weighted by Crippen LogP contribution is 2.31. The van der Waals surface area contributed by atoms with Gasteiger partial charge in [-0.05, 0) is 31.6 Å². The molecule has 2 rings (SSSR count). The fourth-order valence-electron chi connectivity index (χ4n) is 1.79. The Morgan fingerprint density at radius 1 is 1.27 bits per heavy atom. The van der Waals surface area contributed by atoms with Gasteiger partial charge in [-0.1, -0.05) is 6.42 Å². The zero-order valence-electron chi connectivity index (χ0n) is 7.05. The van der Waals surface area contributed by atoms with Crippen molar-refractivity contribution in [3.63, 3.8) is 0 Å². The molecule has 2 fully saturated rings. The highest BCUT2D eigenvalue weighted by molar-refractivity contribution is 4.90. The highest BCUT2D eigenvalue weighted by Gasteiger charge is 2.31. The van der Waals surface area contributed by atoms with Crippen LogP contribution in [0.15, 0.2) is 0 Å². The molecular weight excluding hydrogens is 136 g/mol. The summed E-state index contributed by atoms with van der Waals surface area (Å²) in [5.74, 6) is 0.903. The fraction of sp³-hybridized carbons (Fsp3) is 1.00. The molecule has 0 heterocycles. The van der Waals surface area contributed by atoms with E-state index >= 15 is 0 Å². The molecule has 0 saturated heterocycles. The molecule has 2 aliphatic carbocycles. The van der Waals surface area contributed by atoms with Gasteiger partial charge in [-0.15, -0.1) is 0 Å². The lowest BCUT2D eigenvalue weighted by Crippen LogP contribution is -2.45. The van der Waals surface area contributed by atoms with Crippen LogP contribution in [-0.2, 0) is 0 Å². The Morgan fingerprint density at radius 3 is 2.36 bits per heavy atom. The minimum Gasteiger partial charge on any atom is -0.329 e. The van der Waals surface area contributed by atoms with Gasteiger partial charge in [-0.3, -0.25) is 0 Å². The molecule has 0 radical (unpaired) electrons. The van der Waals surface area contributed by atoms with Crippen LogP contribution >= 0.6 is 0 Å². The third-order valence-corrected chi connectivity index (χ3v) is 3.00. The molecule has 3 N–H and O–H groups in total. The summed E-state index contributed by atoms with van der Waals surface area (Å²) >= 11 is 0. The van der Waals surface area contributed by atoms with Gasteiger partial charge in [0.05, 0.1) is 0 Å². The van der Waals surface area contributed by atoms with Gasteiger partial charge in [0.1, 0.15) is 0 Å². The van der Waals surface area contributed by atoms with E-state index in [0.717, 1.165) is 18.5 Å². The molecule has 64 valence electrons. The molecule has 0 aromatic carbocycles. The van der Waals surface area contributed by atoms with Crippen molar-refractivity contribution < 1.29 is 0 Å². The van der Waals surface area contributed by atoms with E-state index < -0.39 is 0 Å². The van der Waals surface area contributed by atoms with E-state index in [1.165, 1.54) is 32.1 Å². The van der Waals surface area contributed by atoms with Gasteiger partial charge in [0, 0.05) is 18.6 Å². The van der Waals surface area contributed by atoms with Gasteiger partial charge in [0.2, 0.25) is 0 Å². The number of nitrogens with one attached hydrogen (secondary N) is 1. The fourth-order valence-corrected chi connectivity index (χ4v) is 1.79. The van der Waals surface area contributed by atoms with Gasteiger partial charge >= 0.3 is 0 Å². The maximum absolute atomic E-state index is 5.70. The molecule has 11 heavy (non-hydrogen) atoms. The van der Waals surface area contributed by atoms with Crippen LogP contribution in [0.3, 0.4) is 0 Å². The molecule has 2 saturated carbocycles. The number of hydrogen-bond acceptors (Lipinski definition) is 2. The number of nitrogens with two attached hydrogens (primary N) is 1. The van der Waals surface area contributed by atoms with E-state index in [9.17, 15) is 0 Å². The topological polar surface area (TPSA) is 38.0 Å². The summed E-state index contributed by atoms with van der Waals surface area (Å²) < 4.78 is 0. The van der Waals surface area contributed by atoms with E-state index in [2.05, 4.69) is 5.32 Å². The number of hydrogen-bond donors (Lipinski definition) is 2. The lowest BCUT2D eigenvalue weighted by Gasteiger charge is -2.33. The first-order chi connectivity index (χ1) is 5.40. The normalized spacial score (nSPS) is 28.1. The second kappa shape index (κ2) is 3.11. The van der Waals surface area contributed by atoms with Crippen molar-refractivity contribution in [2.45, 2.75) is 44.2 Å². The quantitative estimate of drug-likeness (QED) is 0.630. The second-order valence-corrected chi connectivity index (χ2v) is 3.97. The third kappa shape index (κ3) is 1.74. The summed E-state index contributed by atoms with van der Waals surface area (Å²) in [6.07, 6.45) is 6.99. The molecular formula is C9H18N2. The van der Waals surface area contributed by atoms with Crippen molar-refractivity contribution in [2.75, 3.05) is 6.54 Å². The van der Waals surface area contributed by atoms with Crippen LogP contribution in [0.25, 0.3) is 0 Å². The van der Waals surface area contributed by atoms with Crippen LogP contribution in [-0.4, -0.2) is 18.6 Å². The number of rotatable bonds is 4. The maximum atomic E-state index is 5.70. The summed E-state index contributed by atoms with van der Waals surface area (Å²) in [5.41, 5.74) is 5.70. The zero-order chi connectivity index (χ0) is 7.68. The summed E-state index contributed by atoms with van der Waals surface area (Å²) in [7, 11) is 0. The summed E-state index contributed by atoms with van der Waals surface area (Å²) in [6, 6.07) is 1.46. The second-order valence-electron chi connectivity index (χ2n) is 3.97. The van der Waals surface area contributed by atoms with E-state index in [4.69, 9.17) is 5.73 Å². The summed E-state index contributed by atoms with van der Waals surface area (Å²) in [5, 5.41) is 3.62. The van der Waals surface area contributed by atoms with Crippen molar-refractivity contribution in [3.05, 3.63) is 0 Å². The first-order valence-electron chi connectivity index (χ1n) is 4.86. The lowest BCUT2D eigenvalue weighted by molar-refractivity contribution is 0.231. The highest BCUT2D eigenvalue weighted by atomic mass is 15.0. The average molecular weight is 154 g/mol. The molecule has 1 atom stereocenters. The first kappa shape index (κ1) is 7.56. The zero-order valence-corrected chi connectivity index (χ0v) is 7.05. The Hall–Kier alpha value is -0.0800. The van der Waals surface area contributed by atoms with E-state index in [0.29, 0.717) is 6.04 Å². The Labute approximate surface area is 68.5 Å². The Bertz CT molecular complexity index is 128. The first-order valence-corrected chi connectivity index (χ1v) is 4.86. The molecule has 0 aromatic heterocycles. The van der Waals surface area contributed by atoms with E-state index in [-0.39, 0.29) is 0 Å². The molecule has 0 spiro atoms. The van der Waals surface area contributed by atoms with E-state index in [1.54, 1.807) is 0 Å². The standard InChI is InChI=1S/C9H18N2/c10-6-9(7-2-1-3-7)11-8-4-5-8/h7-9,11H,1-6,10H2. The van der Waals surface area contributed by atoms with Gasteiger partial charge in [0.15, 0.2) is 0 Å². The SMILES string of the molecule is NCC(NC1CC1)C1CCC1.